The minimum Gasteiger partial charge on any atom is -0.383 e. The Morgan fingerprint density at radius 1 is 1.24 bits per heavy atom. The average Bonchev–Trinajstić information content (AvgIpc) is 2.73. The van der Waals surface area contributed by atoms with Gasteiger partial charge in [0.1, 0.15) is 5.82 Å². The van der Waals surface area contributed by atoms with Gasteiger partial charge in [-0.3, -0.25) is 0 Å². The fourth-order valence-electron chi connectivity index (χ4n) is 3.75. The number of nitrogens with zero attached hydrogens (tertiary/aromatic N) is 3. The van der Waals surface area contributed by atoms with Crippen LogP contribution in [0, 0.1) is 5.41 Å². The van der Waals surface area contributed by atoms with E-state index in [1.165, 1.54) is 6.20 Å². The smallest absolute Gasteiger partial charge is 0.383 e. The zero-order valence-corrected chi connectivity index (χ0v) is 20.3. The Kier molecular flexibility index (Phi) is 9.00. The maximum atomic E-state index is 13.4. The van der Waals surface area contributed by atoms with Crippen LogP contribution in [0.15, 0.2) is 43.0 Å². The number of nitrogen functional groups attached to an aromatic ring is 1. The number of hydrogen-bond acceptors (Lipinski definition) is 5. The Hall–Kier alpha value is -2.48. The van der Waals surface area contributed by atoms with Gasteiger partial charge in [-0.2, -0.15) is 13.2 Å². The molecule has 0 saturated carbocycles. The Labute approximate surface area is 195 Å². The van der Waals surface area contributed by atoms with Gasteiger partial charge in [0.05, 0.1) is 18.8 Å². The molecule has 5 nitrogen and oxygen atoms in total. The van der Waals surface area contributed by atoms with Crippen molar-refractivity contribution < 1.29 is 17.9 Å². The second kappa shape index (κ2) is 11.1. The van der Waals surface area contributed by atoms with Crippen LogP contribution >= 0.6 is 0 Å². The molecular weight excluding hydrogens is 429 g/mol. The van der Waals surface area contributed by atoms with E-state index >= 15 is 0 Å². The number of aromatic nitrogens is 1. The lowest BCUT2D eigenvalue weighted by molar-refractivity contribution is -0.137. The van der Waals surface area contributed by atoms with Crippen molar-refractivity contribution >= 4 is 11.4 Å². The minimum atomic E-state index is -4.56. The van der Waals surface area contributed by atoms with Crippen LogP contribution in [0.1, 0.15) is 58.1 Å². The number of anilines is 1. The molecule has 0 radical (unpaired) electrons. The van der Waals surface area contributed by atoms with Crippen molar-refractivity contribution in [3.05, 3.63) is 54.1 Å². The first-order chi connectivity index (χ1) is 15.3. The van der Waals surface area contributed by atoms with Crippen molar-refractivity contribution in [1.29, 1.82) is 0 Å². The van der Waals surface area contributed by atoms with Crippen LogP contribution in [0.3, 0.4) is 0 Å². The maximum Gasteiger partial charge on any atom is 0.419 e. The van der Waals surface area contributed by atoms with Crippen LogP contribution in [-0.2, 0) is 10.9 Å². The highest BCUT2D eigenvalue weighted by atomic mass is 19.4. The van der Waals surface area contributed by atoms with Crippen LogP contribution in [0.25, 0.3) is 5.57 Å². The molecule has 2 heterocycles. The van der Waals surface area contributed by atoms with Crippen LogP contribution in [0.4, 0.5) is 19.0 Å². The molecule has 0 bridgehead atoms. The standard InChI is InChI=1S/C25H37F3N4O/c1-7-20(21-14-22(25(26,27)28)23(29)30-16-21)17-32(19(3)15-24(4,5)6)9-8-18(2)31-10-12-33-13-11-31/h14,16-17H,2-3,7-13,15H2,1,4-6H3,(H2,29,30)/b20-17+. The summed E-state index contributed by atoms with van der Waals surface area (Å²) >= 11 is 0. The number of alkyl halides is 3. The Morgan fingerprint density at radius 2 is 1.88 bits per heavy atom. The summed E-state index contributed by atoms with van der Waals surface area (Å²) in [4.78, 5) is 8.07. The van der Waals surface area contributed by atoms with Crippen LogP contribution in [0.2, 0.25) is 0 Å². The third-order valence-electron chi connectivity index (χ3n) is 5.53. The molecule has 8 heteroatoms. The molecule has 1 aromatic heterocycles. The zero-order chi connectivity index (χ0) is 24.8. The van der Waals surface area contributed by atoms with Crippen molar-refractivity contribution in [3.63, 3.8) is 0 Å². The fraction of sp³-hybridized carbons (Fsp3) is 0.560. The van der Waals surface area contributed by atoms with Gasteiger partial charge in [0.25, 0.3) is 0 Å². The number of pyridine rings is 1. The van der Waals surface area contributed by atoms with E-state index in [1.54, 1.807) is 0 Å². The number of ether oxygens (including phenoxy) is 1. The van der Waals surface area contributed by atoms with Gasteiger partial charge in [0, 0.05) is 49.8 Å². The summed E-state index contributed by atoms with van der Waals surface area (Å²) in [5.74, 6) is -0.516. The van der Waals surface area contributed by atoms with E-state index in [0.717, 1.165) is 42.5 Å². The topological polar surface area (TPSA) is 54.6 Å². The van der Waals surface area contributed by atoms with Crippen LogP contribution in [-0.4, -0.2) is 47.6 Å². The molecular formula is C25H37F3N4O. The number of nitrogens with two attached hydrogens (primary N) is 1. The number of morpholine rings is 1. The molecule has 0 aliphatic carbocycles. The van der Waals surface area contributed by atoms with E-state index in [1.807, 2.05) is 18.0 Å². The Balaban J connectivity index is 2.31. The number of rotatable bonds is 9. The first kappa shape index (κ1) is 26.8. The molecule has 2 N–H and O–H groups in total. The van der Waals surface area contributed by atoms with Crippen molar-refractivity contribution in [3.8, 4) is 0 Å². The minimum absolute atomic E-state index is 0.0168. The molecule has 0 unspecified atom stereocenters. The molecule has 184 valence electrons. The van der Waals surface area contributed by atoms with Gasteiger partial charge in [-0.1, -0.05) is 40.9 Å². The Bertz CT molecular complexity index is 865. The van der Waals surface area contributed by atoms with Crippen LogP contribution in [0.5, 0.6) is 0 Å². The normalized spacial score (nSPS) is 15.5. The molecule has 1 saturated heterocycles. The lowest BCUT2D eigenvalue weighted by atomic mass is 9.90. The summed E-state index contributed by atoms with van der Waals surface area (Å²) in [5, 5.41) is 0. The molecule has 1 aliphatic heterocycles. The maximum absolute atomic E-state index is 13.4. The van der Waals surface area contributed by atoms with E-state index in [-0.39, 0.29) is 5.41 Å². The summed E-state index contributed by atoms with van der Waals surface area (Å²) in [7, 11) is 0. The van der Waals surface area contributed by atoms with E-state index in [2.05, 4.69) is 43.8 Å². The van der Waals surface area contributed by atoms with Gasteiger partial charge < -0.3 is 20.3 Å². The Morgan fingerprint density at radius 3 is 2.42 bits per heavy atom. The zero-order valence-electron chi connectivity index (χ0n) is 20.3. The second-order valence-corrected chi connectivity index (χ2v) is 9.58. The van der Waals surface area contributed by atoms with Gasteiger partial charge in [0.2, 0.25) is 0 Å². The van der Waals surface area contributed by atoms with Gasteiger partial charge in [-0.05, 0) is 35.5 Å². The predicted octanol–water partition coefficient (Wildman–Crippen LogP) is 5.92. The average molecular weight is 467 g/mol. The fourth-order valence-corrected chi connectivity index (χ4v) is 3.75. The third kappa shape index (κ3) is 8.11. The van der Waals surface area contributed by atoms with Gasteiger partial charge >= 0.3 is 6.18 Å². The quantitative estimate of drug-likeness (QED) is 0.489. The lowest BCUT2D eigenvalue weighted by Crippen LogP contribution is -2.36. The van der Waals surface area contributed by atoms with Crippen LogP contribution < -0.4 is 5.73 Å². The van der Waals surface area contributed by atoms with E-state index < -0.39 is 17.6 Å². The van der Waals surface area contributed by atoms with Crippen molar-refractivity contribution in [2.75, 3.05) is 38.6 Å². The molecule has 1 fully saturated rings. The van der Waals surface area contributed by atoms with E-state index in [4.69, 9.17) is 10.5 Å². The molecule has 33 heavy (non-hydrogen) atoms. The number of hydrogen-bond donors (Lipinski definition) is 1. The van der Waals surface area contributed by atoms with E-state index in [9.17, 15) is 13.2 Å². The summed E-state index contributed by atoms with van der Waals surface area (Å²) in [6.45, 7) is 20.5. The molecule has 0 aromatic carbocycles. The highest BCUT2D eigenvalue weighted by molar-refractivity contribution is 5.67. The highest BCUT2D eigenvalue weighted by Crippen LogP contribution is 2.35. The molecule has 0 spiro atoms. The predicted molar refractivity (Wildman–Crippen MR) is 128 cm³/mol. The molecule has 0 atom stereocenters. The molecule has 0 amide bonds. The third-order valence-corrected chi connectivity index (χ3v) is 5.53. The monoisotopic (exact) mass is 466 g/mol. The lowest BCUT2D eigenvalue weighted by Gasteiger charge is -2.33. The summed E-state index contributed by atoms with van der Waals surface area (Å²) in [6.07, 6.45) is 0.734. The largest absolute Gasteiger partial charge is 0.419 e. The van der Waals surface area contributed by atoms with Crippen molar-refractivity contribution in [1.82, 2.24) is 14.8 Å². The number of allylic oxidation sites excluding steroid dienone is 2. The molecule has 1 aromatic rings. The van der Waals surface area contributed by atoms with Crippen molar-refractivity contribution in [2.24, 2.45) is 5.41 Å². The summed E-state index contributed by atoms with van der Waals surface area (Å²) < 4.78 is 45.5. The molecule has 2 rings (SSSR count). The SMILES string of the molecule is C=C(CC(C)(C)C)N(/C=C(\CC)c1cnc(N)c(C(F)(F)F)c1)CCC(=C)N1CCOCC1. The first-order valence-electron chi connectivity index (χ1n) is 11.3. The van der Waals surface area contributed by atoms with Gasteiger partial charge in [-0.15, -0.1) is 0 Å². The highest BCUT2D eigenvalue weighted by Gasteiger charge is 2.34. The van der Waals surface area contributed by atoms with Gasteiger partial charge in [-0.25, -0.2) is 4.98 Å². The summed E-state index contributed by atoms with van der Waals surface area (Å²) in [5.41, 5.74) is 7.65. The molecule has 1 aliphatic rings. The first-order valence-corrected chi connectivity index (χ1v) is 11.3. The second-order valence-electron chi connectivity index (χ2n) is 9.58. The number of halogens is 3. The van der Waals surface area contributed by atoms with Crippen molar-refractivity contribution in [2.45, 2.75) is 53.1 Å². The van der Waals surface area contributed by atoms with Gasteiger partial charge in [0.15, 0.2) is 0 Å². The van der Waals surface area contributed by atoms with E-state index in [0.29, 0.717) is 38.2 Å². The summed E-state index contributed by atoms with van der Waals surface area (Å²) in [6, 6.07) is 1.08.